The lowest BCUT2D eigenvalue weighted by Gasteiger charge is -2.21. The molecule has 2 N–H and O–H groups in total. The Balaban J connectivity index is 2.50. The van der Waals surface area contributed by atoms with Gasteiger partial charge in [-0.15, -0.1) is 11.3 Å². The lowest BCUT2D eigenvalue weighted by Crippen LogP contribution is -2.34. The van der Waals surface area contributed by atoms with Crippen molar-refractivity contribution in [3.63, 3.8) is 0 Å². The van der Waals surface area contributed by atoms with E-state index in [4.69, 9.17) is 16.7 Å². The van der Waals surface area contributed by atoms with Gasteiger partial charge in [-0.3, -0.25) is 0 Å². The van der Waals surface area contributed by atoms with Crippen LogP contribution in [0.1, 0.15) is 24.3 Å². The van der Waals surface area contributed by atoms with Crippen LogP contribution in [0.2, 0.25) is 4.34 Å². The molecule has 0 aliphatic rings. The van der Waals surface area contributed by atoms with Gasteiger partial charge in [-0.25, -0.2) is 0 Å². The molecular formula is C11H18ClNOS2. The van der Waals surface area contributed by atoms with Gasteiger partial charge in [0.15, 0.2) is 0 Å². The number of hydrogen-bond donors (Lipinski definition) is 2. The average molecular weight is 280 g/mol. The van der Waals surface area contributed by atoms with E-state index in [0.717, 1.165) is 16.5 Å². The van der Waals surface area contributed by atoms with Crippen LogP contribution >= 0.6 is 34.7 Å². The smallest absolute Gasteiger partial charge is 0.0931 e. The van der Waals surface area contributed by atoms with Crippen LogP contribution in [0.3, 0.4) is 0 Å². The number of halogens is 1. The Morgan fingerprint density at radius 2 is 2.31 bits per heavy atom. The van der Waals surface area contributed by atoms with Crippen LogP contribution in [0.4, 0.5) is 0 Å². The summed E-state index contributed by atoms with van der Waals surface area (Å²) < 4.78 is 0.826. The van der Waals surface area contributed by atoms with Crippen molar-refractivity contribution in [3.8, 4) is 0 Å². The summed E-state index contributed by atoms with van der Waals surface area (Å²) in [6.07, 6.45) is 2.88. The first-order chi connectivity index (χ1) is 7.67. The molecule has 1 rings (SSSR count). The number of aliphatic hydroxyl groups is 1. The third kappa shape index (κ3) is 4.63. The molecule has 1 heterocycles. The largest absolute Gasteiger partial charge is 0.396 e. The van der Waals surface area contributed by atoms with E-state index >= 15 is 0 Å². The second kappa shape index (κ2) is 7.56. The van der Waals surface area contributed by atoms with E-state index in [1.807, 2.05) is 6.07 Å². The fraction of sp³-hybridized carbons (Fsp3) is 0.636. The summed E-state index contributed by atoms with van der Waals surface area (Å²) in [7, 11) is 0. The number of aliphatic hydroxyl groups excluding tert-OH is 1. The number of thiophene rings is 1. The maximum Gasteiger partial charge on any atom is 0.0931 e. The SMILES string of the molecule is CSCC(CCO)NC(C)c1ccc(Cl)s1. The molecule has 92 valence electrons. The maximum absolute atomic E-state index is 8.98. The Morgan fingerprint density at radius 3 is 2.81 bits per heavy atom. The summed E-state index contributed by atoms with van der Waals surface area (Å²) in [5.41, 5.74) is 0. The van der Waals surface area contributed by atoms with Gasteiger partial charge in [-0.05, 0) is 31.7 Å². The van der Waals surface area contributed by atoms with Crippen molar-refractivity contribution < 1.29 is 5.11 Å². The van der Waals surface area contributed by atoms with E-state index in [1.54, 1.807) is 23.1 Å². The van der Waals surface area contributed by atoms with Crippen molar-refractivity contribution >= 4 is 34.7 Å². The standard InChI is InChI=1S/C11H18ClNOS2/c1-8(10-3-4-11(12)16-10)13-9(5-6-14)7-15-2/h3-4,8-9,13-14H,5-7H2,1-2H3. The first kappa shape index (κ1) is 14.3. The first-order valence-electron chi connectivity index (χ1n) is 5.28. The Bertz CT molecular complexity index is 300. The third-order valence-electron chi connectivity index (χ3n) is 2.35. The maximum atomic E-state index is 8.98. The fourth-order valence-electron chi connectivity index (χ4n) is 1.57. The van der Waals surface area contributed by atoms with Crippen LogP contribution in [0, 0.1) is 0 Å². The van der Waals surface area contributed by atoms with Gasteiger partial charge < -0.3 is 10.4 Å². The lowest BCUT2D eigenvalue weighted by molar-refractivity contribution is 0.266. The van der Waals surface area contributed by atoms with Crippen LogP contribution in [0.25, 0.3) is 0 Å². The third-order valence-corrected chi connectivity index (χ3v) is 4.50. The van der Waals surface area contributed by atoms with Gasteiger partial charge in [0, 0.05) is 29.3 Å². The van der Waals surface area contributed by atoms with Gasteiger partial charge in [0.25, 0.3) is 0 Å². The van der Waals surface area contributed by atoms with Gasteiger partial charge in [0.2, 0.25) is 0 Å². The van der Waals surface area contributed by atoms with Crippen molar-refractivity contribution in [2.75, 3.05) is 18.6 Å². The molecular weight excluding hydrogens is 262 g/mol. The van der Waals surface area contributed by atoms with Crippen molar-refractivity contribution in [3.05, 3.63) is 21.3 Å². The van der Waals surface area contributed by atoms with Crippen molar-refractivity contribution in [1.29, 1.82) is 0 Å². The number of hydrogen-bond acceptors (Lipinski definition) is 4. The zero-order valence-corrected chi connectivity index (χ0v) is 12.0. The van der Waals surface area contributed by atoms with Gasteiger partial charge in [-0.2, -0.15) is 11.8 Å². The summed E-state index contributed by atoms with van der Waals surface area (Å²) in [5, 5.41) is 12.5. The van der Waals surface area contributed by atoms with E-state index in [1.165, 1.54) is 4.88 Å². The molecule has 2 unspecified atom stereocenters. The minimum Gasteiger partial charge on any atom is -0.396 e. The van der Waals surface area contributed by atoms with Gasteiger partial charge in [0.1, 0.15) is 0 Å². The molecule has 0 spiro atoms. The molecule has 0 amide bonds. The van der Waals surface area contributed by atoms with Gasteiger partial charge >= 0.3 is 0 Å². The molecule has 0 aromatic carbocycles. The molecule has 16 heavy (non-hydrogen) atoms. The van der Waals surface area contributed by atoms with Crippen LogP contribution in [0.15, 0.2) is 12.1 Å². The van der Waals surface area contributed by atoms with Crippen molar-refractivity contribution in [2.24, 2.45) is 0 Å². The molecule has 2 nitrogen and oxygen atoms in total. The monoisotopic (exact) mass is 279 g/mol. The highest BCUT2D eigenvalue weighted by atomic mass is 35.5. The fourth-order valence-corrected chi connectivity index (χ4v) is 3.31. The van der Waals surface area contributed by atoms with E-state index < -0.39 is 0 Å². The zero-order valence-electron chi connectivity index (χ0n) is 9.57. The van der Waals surface area contributed by atoms with Gasteiger partial charge in [0.05, 0.1) is 4.34 Å². The molecule has 1 aromatic heterocycles. The van der Waals surface area contributed by atoms with Gasteiger partial charge in [-0.1, -0.05) is 11.6 Å². The summed E-state index contributed by atoms with van der Waals surface area (Å²) in [6, 6.07) is 4.63. The van der Waals surface area contributed by atoms with Crippen molar-refractivity contribution in [1.82, 2.24) is 5.32 Å². The highest BCUT2D eigenvalue weighted by Crippen LogP contribution is 2.27. The Labute approximate surface area is 110 Å². The molecule has 0 fully saturated rings. The lowest BCUT2D eigenvalue weighted by atomic mass is 10.2. The van der Waals surface area contributed by atoms with E-state index in [2.05, 4.69) is 24.6 Å². The number of thioether (sulfide) groups is 1. The average Bonchev–Trinajstić information content (AvgIpc) is 2.65. The first-order valence-corrected chi connectivity index (χ1v) is 7.87. The second-order valence-corrected chi connectivity index (χ2v) is 6.35. The van der Waals surface area contributed by atoms with E-state index in [0.29, 0.717) is 12.1 Å². The van der Waals surface area contributed by atoms with Crippen LogP contribution in [0.5, 0.6) is 0 Å². The molecule has 2 atom stereocenters. The summed E-state index contributed by atoms with van der Waals surface area (Å²) in [4.78, 5) is 1.24. The molecule has 0 aliphatic carbocycles. The Kier molecular flexibility index (Phi) is 6.77. The summed E-state index contributed by atoms with van der Waals surface area (Å²) >= 11 is 9.31. The summed E-state index contributed by atoms with van der Waals surface area (Å²) in [5.74, 6) is 1.02. The Morgan fingerprint density at radius 1 is 1.56 bits per heavy atom. The predicted octanol–water partition coefficient (Wildman–Crippen LogP) is 3.17. The minimum absolute atomic E-state index is 0.232. The van der Waals surface area contributed by atoms with E-state index in [9.17, 15) is 0 Å². The quantitative estimate of drug-likeness (QED) is 0.804. The molecule has 0 radical (unpaired) electrons. The number of rotatable bonds is 7. The van der Waals surface area contributed by atoms with Crippen LogP contribution < -0.4 is 5.32 Å². The molecule has 0 saturated heterocycles. The highest BCUT2D eigenvalue weighted by molar-refractivity contribution is 7.98. The topological polar surface area (TPSA) is 32.3 Å². The molecule has 0 saturated carbocycles. The van der Waals surface area contributed by atoms with Crippen LogP contribution in [-0.4, -0.2) is 29.8 Å². The molecule has 1 aromatic rings. The second-order valence-electron chi connectivity index (χ2n) is 3.69. The van der Waals surface area contributed by atoms with E-state index in [-0.39, 0.29) is 6.61 Å². The Hall–Kier alpha value is 0.260. The molecule has 5 heteroatoms. The minimum atomic E-state index is 0.232. The number of nitrogens with one attached hydrogen (secondary N) is 1. The summed E-state index contributed by atoms with van der Waals surface area (Å²) in [6.45, 7) is 2.36. The molecule has 0 bridgehead atoms. The highest BCUT2D eigenvalue weighted by Gasteiger charge is 2.13. The predicted molar refractivity (Wildman–Crippen MR) is 74.8 cm³/mol. The van der Waals surface area contributed by atoms with Crippen molar-refractivity contribution in [2.45, 2.75) is 25.4 Å². The molecule has 0 aliphatic heterocycles. The van der Waals surface area contributed by atoms with Crippen LogP contribution in [-0.2, 0) is 0 Å². The zero-order chi connectivity index (χ0) is 12.0. The normalized spacial score (nSPS) is 15.0.